The zero-order valence-corrected chi connectivity index (χ0v) is 14.2. The van der Waals surface area contributed by atoms with Gasteiger partial charge in [-0.25, -0.2) is 0 Å². The fourth-order valence-corrected chi connectivity index (χ4v) is 3.22. The summed E-state index contributed by atoms with van der Waals surface area (Å²) in [6.07, 6.45) is 2.40. The minimum absolute atomic E-state index is 0.652. The van der Waals surface area contributed by atoms with E-state index in [1.165, 1.54) is 25.9 Å². The lowest BCUT2D eigenvalue weighted by Crippen LogP contribution is -2.42. The SMILES string of the molecule is CC(C)CNCC(C)C(C)N1CCc2ccccc2CC1. The van der Waals surface area contributed by atoms with Crippen molar-refractivity contribution in [3.8, 4) is 0 Å². The van der Waals surface area contributed by atoms with Crippen LogP contribution in [0.5, 0.6) is 0 Å². The van der Waals surface area contributed by atoms with Crippen LogP contribution in [0, 0.1) is 11.8 Å². The van der Waals surface area contributed by atoms with Crippen molar-refractivity contribution in [2.75, 3.05) is 26.2 Å². The van der Waals surface area contributed by atoms with E-state index in [9.17, 15) is 0 Å². The molecule has 21 heavy (non-hydrogen) atoms. The van der Waals surface area contributed by atoms with Crippen molar-refractivity contribution in [3.63, 3.8) is 0 Å². The normalized spacial score (nSPS) is 19.1. The van der Waals surface area contributed by atoms with Gasteiger partial charge in [0.05, 0.1) is 0 Å². The first kappa shape index (κ1) is 16.5. The summed E-state index contributed by atoms with van der Waals surface area (Å²) in [7, 11) is 0. The second-order valence-corrected chi connectivity index (χ2v) is 7.07. The molecular weight excluding hydrogens is 256 g/mol. The summed E-state index contributed by atoms with van der Waals surface area (Å²) in [5, 5.41) is 3.61. The van der Waals surface area contributed by atoms with Crippen molar-refractivity contribution >= 4 is 0 Å². The summed E-state index contributed by atoms with van der Waals surface area (Å²) in [4.78, 5) is 2.68. The summed E-state index contributed by atoms with van der Waals surface area (Å²) in [5.74, 6) is 1.44. The van der Waals surface area contributed by atoms with Crippen molar-refractivity contribution in [1.29, 1.82) is 0 Å². The molecule has 1 N–H and O–H groups in total. The van der Waals surface area contributed by atoms with Crippen LogP contribution in [0.2, 0.25) is 0 Å². The maximum atomic E-state index is 3.61. The first-order valence-electron chi connectivity index (χ1n) is 8.59. The van der Waals surface area contributed by atoms with Gasteiger partial charge in [0.15, 0.2) is 0 Å². The van der Waals surface area contributed by atoms with Gasteiger partial charge in [0, 0.05) is 19.1 Å². The van der Waals surface area contributed by atoms with E-state index in [0.717, 1.165) is 19.0 Å². The van der Waals surface area contributed by atoms with Crippen molar-refractivity contribution in [2.45, 2.75) is 46.6 Å². The Bertz CT molecular complexity index is 400. The number of hydrogen-bond acceptors (Lipinski definition) is 2. The van der Waals surface area contributed by atoms with Gasteiger partial charge < -0.3 is 5.32 Å². The molecule has 0 amide bonds. The number of benzene rings is 1. The maximum Gasteiger partial charge on any atom is 0.0105 e. The second kappa shape index (κ2) is 7.95. The fourth-order valence-electron chi connectivity index (χ4n) is 3.22. The highest BCUT2D eigenvalue weighted by Crippen LogP contribution is 2.19. The predicted molar refractivity (Wildman–Crippen MR) is 91.8 cm³/mol. The van der Waals surface area contributed by atoms with Gasteiger partial charge in [-0.1, -0.05) is 45.0 Å². The van der Waals surface area contributed by atoms with Crippen LogP contribution < -0.4 is 5.32 Å². The topological polar surface area (TPSA) is 15.3 Å². The Kier molecular flexibility index (Phi) is 6.25. The van der Waals surface area contributed by atoms with Crippen LogP contribution in [-0.2, 0) is 12.8 Å². The molecule has 118 valence electrons. The number of rotatable bonds is 6. The molecule has 0 bridgehead atoms. The molecule has 0 saturated heterocycles. The van der Waals surface area contributed by atoms with Crippen molar-refractivity contribution in [3.05, 3.63) is 35.4 Å². The zero-order chi connectivity index (χ0) is 15.2. The first-order valence-corrected chi connectivity index (χ1v) is 8.59. The second-order valence-electron chi connectivity index (χ2n) is 7.07. The molecule has 1 heterocycles. The van der Waals surface area contributed by atoms with Crippen LogP contribution in [0.25, 0.3) is 0 Å². The molecule has 0 saturated carbocycles. The molecule has 2 nitrogen and oxygen atoms in total. The summed E-state index contributed by atoms with van der Waals surface area (Å²) in [6, 6.07) is 9.61. The predicted octanol–water partition coefficient (Wildman–Crippen LogP) is 3.36. The minimum atomic E-state index is 0.652. The molecule has 2 rings (SSSR count). The third kappa shape index (κ3) is 4.82. The third-order valence-electron chi connectivity index (χ3n) is 4.87. The summed E-state index contributed by atoms with van der Waals surface area (Å²) in [6.45, 7) is 14.0. The first-order chi connectivity index (χ1) is 10.1. The van der Waals surface area contributed by atoms with E-state index in [0.29, 0.717) is 12.0 Å². The smallest absolute Gasteiger partial charge is 0.0105 e. The average molecular weight is 288 g/mol. The van der Waals surface area contributed by atoms with E-state index in [2.05, 4.69) is 62.2 Å². The van der Waals surface area contributed by atoms with Gasteiger partial charge in [-0.05, 0) is 55.8 Å². The van der Waals surface area contributed by atoms with Crippen LogP contribution in [0.15, 0.2) is 24.3 Å². The third-order valence-corrected chi connectivity index (χ3v) is 4.87. The Hall–Kier alpha value is -0.860. The lowest BCUT2D eigenvalue weighted by atomic mass is 10.0. The number of fused-ring (bicyclic) bond motifs is 1. The van der Waals surface area contributed by atoms with Gasteiger partial charge in [-0.3, -0.25) is 4.90 Å². The van der Waals surface area contributed by atoms with E-state index in [1.54, 1.807) is 11.1 Å². The fraction of sp³-hybridized carbons (Fsp3) is 0.684. The highest BCUT2D eigenvalue weighted by molar-refractivity contribution is 5.28. The molecule has 2 unspecified atom stereocenters. The van der Waals surface area contributed by atoms with E-state index in [1.807, 2.05) is 0 Å². The van der Waals surface area contributed by atoms with Crippen LogP contribution in [-0.4, -0.2) is 37.1 Å². The molecule has 1 aliphatic heterocycles. The molecule has 0 fully saturated rings. The molecule has 1 aromatic rings. The molecule has 2 atom stereocenters. The van der Waals surface area contributed by atoms with Crippen LogP contribution in [0.4, 0.5) is 0 Å². The molecule has 1 aromatic carbocycles. The summed E-state index contributed by atoms with van der Waals surface area (Å²) < 4.78 is 0. The van der Waals surface area contributed by atoms with Gasteiger partial charge in [0.2, 0.25) is 0 Å². The molecular formula is C19H32N2. The van der Waals surface area contributed by atoms with Gasteiger partial charge in [0.25, 0.3) is 0 Å². The largest absolute Gasteiger partial charge is 0.316 e. The Labute approximate surface area is 130 Å². The van der Waals surface area contributed by atoms with Crippen molar-refractivity contribution < 1.29 is 0 Å². The van der Waals surface area contributed by atoms with E-state index in [-0.39, 0.29) is 0 Å². The van der Waals surface area contributed by atoms with Crippen molar-refractivity contribution in [1.82, 2.24) is 10.2 Å². The average Bonchev–Trinajstić information content (AvgIpc) is 2.68. The van der Waals surface area contributed by atoms with Crippen LogP contribution >= 0.6 is 0 Å². The van der Waals surface area contributed by atoms with E-state index in [4.69, 9.17) is 0 Å². The maximum absolute atomic E-state index is 3.61. The van der Waals surface area contributed by atoms with Crippen LogP contribution in [0.1, 0.15) is 38.8 Å². The summed E-state index contributed by atoms with van der Waals surface area (Å²) >= 11 is 0. The molecule has 1 aliphatic rings. The molecule has 0 radical (unpaired) electrons. The van der Waals surface area contributed by atoms with Gasteiger partial charge in [0.1, 0.15) is 0 Å². The van der Waals surface area contributed by atoms with E-state index < -0.39 is 0 Å². The van der Waals surface area contributed by atoms with E-state index >= 15 is 0 Å². The number of nitrogens with one attached hydrogen (secondary N) is 1. The monoisotopic (exact) mass is 288 g/mol. The molecule has 0 aliphatic carbocycles. The van der Waals surface area contributed by atoms with Gasteiger partial charge in [-0.2, -0.15) is 0 Å². The zero-order valence-electron chi connectivity index (χ0n) is 14.2. The Morgan fingerprint density at radius 3 is 2.05 bits per heavy atom. The van der Waals surface area contributed by atoms with Crippen LogP contribution in [0.3, 0.4) is 0 Å². The molecule has 0 spiro atoms. The summed E-state index contributed by atoms with van der Waals surface area (Å²) in [5.41, 5.74) is 3.11. The Morgan fingerprint density at radius 2 is 1.52 bits per heavy atom. The highest BCUT2D eigenvalue weighted by atomic mass is 15.2. The lowest BCUT2D eigenvalue weighted by molar-refractivity contribution is 0.166. The standard InChI is InChI=1S/C19H32N2/c1-15(2)13-20-14-16(3)17(4)21-11-9-18-7-5-6-8-19(18)10-12-21/h5-8,15-17,20H,9-14H2,1-4H3. The highest BCUT2D eigenvalue weighted by Gasteiger charge is 2.22. The van der Waals surface area contributed by atoms with Gasteiger partial charge in [-0.15, -0.1) is 0 Å². The minimum Gasteiger partial charge on any atom is -0.316 e. The van der Waals surface area contributed by atoms with Gasteiger partial charge >= 0.3 is 0 Å². The quantitative estimate of drug-likeness (QED) is 0.863. The lowest BCUT2D eigenvalue weighted by Gasteiger charge is -2.32. The number of hydrogen-bond donors (Lipinski definition) is 1. The Balaban J connectivity index is 1.85. The Morgan fingerprint density at radius 1 is 0.952 bits per heavy atom. The molecule has 0 aromatic heterocycles. The molecule has 2 heteroatoms. The number of nitrogens with zero attached hydrogens (tertiary/aromatic N) is 1. The van der Waals surface area contributed by atoms with Crippen molar-refractivity contribution in [2.24, 2.45) is 11.8 Å².